The van der Waals surface area contributed by atoms with E-state index in [0.29, 0.717) is 24.4 Å². The lowest BCUT2D eigenvalue weighted by molar-refractivity contribution is 0.0978. The summed E-state index contributed by atoms with van der Waals surface area (Å²) in [7, 11) is 1.58. The maximum atomic E-state index is 12.5. The predicted molar refractivity (Wildman–Crippen MR) is 87.5 cm³/mol. The van der Waals surface area contributed by atoms with Crippen molar-refractivity contribution in [1.82, 2.24) is 15.2 Å². The number of hydrogen-bond donors (Lipinski definition) is 1. The Morgan fingerprint density at radius 3 is 2.65 bits per heavy atom. The van der Waals surface area contributed by atoms with Gasteiger partial charge in [-0.25, -0.2) is 4.98 Å². The molecule has 1 N–H and O–H groups in total. The van der Waals surface area contributed by atoms with E-state index in [0.717, 1.165) is 16.7 Å². The van der Waals surface area contributed by atoms with Crippen molar-refractivity contribution < 1.29 is 9.53 Å². The van der Waals surface area contributed by atoms with E-state index in [1.807, 2.05) is 36.4 Å². The van der Waals surface area contributed by atoms with Crippen molar-refractivity contribution in [3.05, 3.63) is 66.1 Å². The highest BCUT2D eigenvalue weighted by molar-refractivity contribution is 6.00. The first-order chi connectivity index (χ1) is 11.3. The SMILES string of the molecule is COc1ccc(CCC(=O)c2[nH]ncc2-c2ccccc2)cn1. The molecule has 5 heteroatoms. The van der Waals surface area contributed by atoms with Crippen LogP contribution in [0.4, 0.5) is 0 Å². The number of carbonyl (C=O) groups excluding carboxylic acids is 1. The van der Waals surface area contributed by atoms with Crippen LogP contribution in [0, 0.1) is 0 Å². The Labute approximate surface area is 134 Å². The fourth-order valence-electron chi connectivity index (χ4n) is 2.40. The van der Waals surface area contributed by atoms with Crippen LogP contribution in [0.2, 0.25) is 0 Å². The van der Waals surface area contributed by atoms with Crippen LogP contribution in [-0.4, -0.2) is 28.1 Å². The van der Waals surface area contributed by atoms with E-state index in [9.17, 15) is 4.79 Å². The second-order valence-electron chi connectivity index (χ2n) is 5.16. The Bertz CT molecular complexity index is 780. The largest absolute Gasteiger partial charge is 0.481 e. The number of pyridine rings is 1. The van der Waals surface area contributed by atoms with Crippen LogP contribution in [0.1, 0.15) is 22.5 Å². The summed E-state index contributed by atoms with van der Waals surface area (Å²) in [6, 6.07) is 13.5. The molecule has 0 bridgehead atoms. The number of nitrogens with one attached hydrogen (secondary N) is 1. The zero-order valence-corrected chi connectivity index (χ0v) is 12.8. The lowest BCUT2D eigenvalue weighted by atomic mass is 10.0. The van der Waals surface area contributed by atoms with Gasteiger partial charge in [0.05, 0.1) is 13.3 Å². The quantitative estimate of drug-likeness (QED) is 0.710. The molecule has 3 rings (SSSR count). The van der Waals surface area contributed by atoms with Crippen LogP contribution in [0.5, 0.6) is 5.88 Å². The van der Waals surface area contributed by atoms with Gasteiger partial charge in [0.2, 0.25) is 5.88 Å². The highest BCUT2D eigenvalue weighted by Gasteiger charge is 2.15. The number of Topliss-reactive ketones (excluding diaryl/α,β-unsaturated/α-hetero) is 1. The Morgan fingerprint density at radius 2 is 1.96 bits per heavy atom. The number of methoxy groups -OCH3 is 1. The van der Waals surface area contributed by atoms with E-state index in [1.54, 1.807) is 25.6 Å². The average Bonchev–Trinajstić information content (AvgIpc) is 3.11. The van der Waals surface area contributed by atoms with Gasteiger partial charge < -0.3 is 4.74 Å². The molecule has 1 aromatic carbocycles. The Balaban J connectivity index is 1.70. The number of hydrogen-bond acceptors (Lipinski definition) is 4. The summed E-state index contributed by atoms with van der Waals surface area (Å²) in [6.07, 6.45) is 4.45. The van der Waals surface area contributed by atoms with E-state index < -0.39 is 0 Å². The highest BCUT2D eigenvalue weighted by Crippen LogP contribution is 2.23. The molecule has 3 aromatic rings. The number of carbonyl (C=O) groups is 1. The van der Waals surface area contributed by atoms with Crippen molar-refractivity contribution in [2.24, 2.45) is 0 Å². The molecule has 0 aliphatic carbocycles. The average molecular weight is 307 g/mol. The van der Waals surface area contributed by atoms with Gasteiger partial charge in [0.25, 0.3) is 0 Å². The fourth-order valence-corrected chi connectivity index (χ4v) is 2.40. The summed E-state index contributed by atoms with van der Waals surface area (Å²) in [4.78, 5) is 16.6. The molecule has 0 radical (unpaired) electrons. The molecular formula is C18H17N3O2. The number of aryl methyl sites for hydroxylation is 1. The lowest BCUT2D eigenvalue weighted by Gasteiger charge is -2.04. The second-order valence-corrected chi connectivity index (χ2v) is 5.16. The van der Waals surface area contributed by atoms with Crippen molar-refractivity contribution >= 4 is 5.78 Å². The lowest BCUT2D eigenvalue weighted by Crippen LogP contribution is -2.04. The van der Waals surface area contributed by atoms with Gasteiger partial charge in [-0.3, -0.25) is 9.89 Å². The number of ether oxygens (including phenoxy) is 1. The molecule has 116 valence electrons. The molecule has 5 nitrogen and oxygen atoms in total. The first-order valence-electron chi connectivity index (χ1n) is 7.39. The first kappa shape index (κ1) is 15.0. The van der Waals surface area contributed by atoms with Gasteiger partial charge in [-0.2, -0.15) is 5.10 Å². The third kappa shape index (κ3) is 3.45. The van der Waals surface area contributed by atoms with E-state index in [2.05, 4.69) is 15.2 Å². The zero-order valence-electron chi connectivity index (χ0n) is 12.8. The predicted octanol–water partition coefficient (Wildman–Crippen LogP) is 3.30. The molecule has 2 heterocycles. The van der Waals surface area contributed by atoms with Crippen molar-refractivity contribution in [3.8, 4) is 17.0 Å². The van der Waals surface area contributed by atoms with Crippen molar-refractivity contribution in [3.63, 3.8) is 0 Å². The highest BCUT2D eigenvalue weighted by atomic mass is 16.5. The number of aromatic amines is 1. The van der Waals surface area contributed by atoms with E-state index in [1.165, 1.54) is 0 Å². The van der Waals surface area contributed by atoms with Crippen LogP contribution >= 0.6 is 0 Å². The third-order valence-electron chi connectivity index (χ3n) is 3.65. The van der Waals surface area contributed by atoms with Crippen molar-refractivity contribution in [1.29, 1.82) is 0 Å². The third-order valence-corrected chi connectivity index (χ3v) is 3.65. The first-order valence-corrected chi connectivity index (χ1v) is 7.39. The number of aromatic nitrogens is 3. The van der Waals surface area contributed by atoms with Crippen LogP contribution in [-0.2, 0) is 6.42 Å². The zero-order chi connectivity index (χ0) is 16.1. The van der Waals surface area contributed by atoms with Gasteiger partial charge in [-0.1, -0.05) is 36.4 Å². The summed E-state index contributed by atoms with van der Waals surface area (Å²) < 4.78 is 5.03. The Hall–Kier alpha value is -2.95. The van der Waals surface area contributed by atoms with Gasteiger partial charge in [0, 0.05) is 24.2 Å². The summed E-state index contributed by atoms with van der Waals surface area (Å²) in [5, 5.41) is 6.85. The number of ketones is 1. The van der Waals surface area contributed by atoms with Gasteiger partial charge in [0.15, 0.2) is 5.78 Å². The van der Waals surface area contributed by atoms with Gasteiger partial charge in [0.1, 0.15) is 5.69 Å². The topological polar surface area (TPSA) is 67.9 Å². The van der Waals surface area contributed by atoms with E-state index in [4.69, 9.17) is 4.74 Å². The number of nitrogens with zero attached hydrogens (tertiary/aromatic N) is 2. The number of benzene rings is 1. The van der Waals surface area contributed by atoms with E-state index >= 15 is 0 Å². The van der Waals surface area contributed by atoms with Crippen LogP contribution in [0.3, 0.4) is 0 Å². The standard InChI is InChI=1S/C18H17N3O2/c1-23-17-10-8-13(11-19-17)7-9-16(22)18-15(12-20-21-18)14-5-3-2-4-6-14/h2-6,8,10-12H,7,9H2,1H3,(H,20,21). The molecule has 0 spiro atoms. The van der Waals surface area contributed by atoms with Gasteiger partial charge in [-0.15, -0.1) is 0 Å². The van der Waals surface area contributed by atoms with Crippen LogP contribution in [0.25, 0.3) is 11.1 Å². The molecule has 0 aliphatic rings. The Morgan fingerprint density at radius 1 is 1.13 bits per heavy atom. The number of H-pyrrole nitrogens is 1. The summed E-state index contributed by atoms with van der Waals surface area (Å²) in [5.41, 5.74) is 3.37. The van der Waals surface area contributed by atoms with E-state index in [-0.39, 0.29) is 5.78 Å². The maximum Gasteiger partial charge on any atom is 0.212 e. The minimum Gasteiger partial charge on any atom is -0.481 e. The minimum atomic E-state index is 0.0390. The molecule has 0 fully saturated rings. The second kappa shape index (κ2) is 6.87. The molecule has 0 amide bonds. The fraction of sp³-hybridized carbons (Fsp3) is 0.167. The monoisotopic (exact) mass is 307 g/mol. The van der Waals surface area contributed by atoms with Crippen molar-refractivity contribution in [2.45, 2.75) is 12.8 Å². The molecule has 0 atom stereocenters. The summed E-state index contributed by atoms with van der Waals surface area (Å²) in [6.45, 7) is 0. The number of rotatable bonds is 6. The molecule has 0 aliphatic heterocycles. The summed E-state index contributed by atoms with van der Waals surface area (Å²) in [5.74, 6) is 0.608. The molecule has 23 heavy (non-hydrogen) atoms. The summed E-state index contributed by atoms with van der Waals surface area (Å²) >= 11 is 0. The smallest absolute Gasteiger partial charge is 0.212 e. The molecule has 0 saturated heterocycles. The molecule has 0 unspecified atom stereocenters. The maximum absolute atomic E-state index is 12.5. The molecule has 0 saturated carbocycles. The van der Waals surface area contributed by atoms with Gasteiger partial charge >= 0.3 is 0 Å². The molecule has 2 aromatic heterocycles. The Kier molecular flexibility index (Phi) is 4.47. The molecular weight excluding hydrogens is 290 g/mol. The minimum absolute atomic E-state index is 0.0390. The van der Waals surface area contributed by atoms with Crippen LogP contribution in [0.15, 0.2) is 54.9 Å². The van der Waals surface area contributed by atoms with Gasteiger partial charge in [-0.05, 0) is 17.5 Å². The normalized spacial score (nSPS) is 10.5. The van der Waals surface area contributed by atoms with Crippen molar-refractivity contribution in [2.75, 3.05) is 7.11 Å². The van der Waals surface area contributed by atoms with Crippen LogP contribution < -0.4 is 4.74 Å².